The first-order valence-electron chi connectivity index (χ1n) is 7.09. The van der Waals surface area contributed by atoms with E-state index < -0.39 is 17.7 Å². The fourth-order valence-electron chi connectivity index (χ4n) is 2.42. The molecule has 0 heterocycles. The minimum absolute atomic E-state index is 0.189. The molecule has 1 rings (SSSR count). The van der Waals surface area contributed by atoms with Gasteiger partial charge in [-0.25, -0.2) is 0 Å². The van der Waals surface area contributed by atoms with Crippen LogP contribution in [0, 0.1) is 11.8 Å². The SMILES string of the molecule is CCC(C)C(=O)OC1CCC(C(C)(O)C(F)(F)F)CC1. The van der Waals surface area contributed by atoms with E-state index in [4.69, 9.17) is 4.74 Å². The average molecular weight is 296 g/mol. The van der Waals surface area contributed by atoms with Crippen molar-refractivity contribution >= 4 is 5.97 Å². The maximum atomic E-state index is 12.7. The van der Waals surface area contributed by atoms with Gasteiger partial charge < -0.3 is 9.84 Å². The van der Waals surface area contributed by atoms with E-state index in [1.54, 1.807) is 6.92 Å². The molecule has 1 aliphatic carbocycles. The molecule has 6 heteroatoms. The summed E-state index contributed by atoms with van der Waals surface area (Å²) in [6.45, 7) is 4.47. The number of alkyl halides is 3. The third kappa shape index (κ3) is 3.87. The van der Waals surface area contributed by atoms with E-state index in [0.29, 0.717) is 19.3 Å². The van der Waals surface area contributed by atoms with Crippen molar-refractivity contribution in [3.63, 3.8) is 0 Å². The molecule has 1 aliphatic rings. The molecule has 1 N–H and O–H groups in total. The third-order valence-corrected chi connectivity index (χ3v) is 4.34. The molecule has 0 aromatic carbocycles. The van der Waals surface area contributed by atoms with Crippen LogP contribution in [0.2, 0.25) is 0 Å². The Labute approximate surface area is 117 Å². The van der Waals surface area contributed by atoms with Crippen molar-refractivity contribution in [2.45, 2.75) is 70.8 Å². The molecule has 0 saturated heterocycles. The highest BCUT2D eigenvalue weighted by atomic mass is 19.4. The number of esters is 1. The van der Waals surface area contributed by atoms with E-state index in [9.17, 15) is 23.1 Å². The summed E-state index contributed by atoms with van der Waals surface area (Å²) in [7, 11) is 0. The van der Waals surface area contributed by atoms with Gasteiger partial charge in [-0.1, -0.05) is 13.8 Å². The quantitative estimate of drug-likeness (QED) is 0.808. The van der Waals surface area contributed by atoms with E-state index in [2.05, 4.69) is 0 Å². The number of aliphatic hydroxyl groups is 1. The molecule has 3 nitrogen and oxygen atoms in total. The number of hydrogen-bond acceptors (Lipinski definition) is 3. The van der Waals surface area contributed by atoms with Gasteiger partial charge in [0, 0.05) is 0 Å². The minimum Gasteiger partial charge on any atom is -0.462 e. The van der Waals surface area contributed by atoms with Gasteiger partial charge in [0.25, 0.3) is 0 Å². The van der Waals surface area contributed by atoms with Crippen LogP contribution >= 0.6 is 0 Å². The van der Waals surface area contributed by atoms with Crippen LogP contribution in [0.25, 0.3) is 0 Å². The molecule has 0 bridgehead atoms. The number of ether oxygens (including phenoxy) is 1. The molecule has 118 valence electrons. The number of carbonyl (C=O) groups excluding carboxylic acids is 1. The second-order valence-corrected chi connectivity index (χ2v) is 5.87. The fraction of sp³-hybridized carbons (Fsp3) is 0.929. The number of rotatable bonds is 4. The molecule has 0 aromatic heterocycles. The minimum atomic E-state index is -4.63. The van der Waals surface area contributed by atoms with Gasteiger partial charge >= 0.3 is 12.1 Å². The van der Waals surface area contributed by atoms with Gasteiger partial charge in [-0.2, -0.15) is 13.2 Å². The van der Waals surface area contributed by atoms with Crippen molar-refractivity contribution in [2.75, 3.05) is 0 Å². The van der Waals surface area contributed by atoms with Crippen LogP contribution in [0.4, 0.5) is 13.2 Å². The molecule has 1 saturated carbocycles. The molecule has 0 aliphatic heterocycles. The van der Waals surface area contributed by atoms with Crippen LogP contribution in [0.5, 0.6) is 0 Å². The molecule has 2 atom stereocenters. The molecule has 0 spiro atoms. The lowest BCUT2D eigenvalue weighted by Crippen LogP contribution is -2.50. The van der Waals surface area contributed by atoms with Crippen LogP contribution in [-0.4, -0.2) is 29.0 Å². The molecule has 2 unspecified atom stereocenters. The monoisotopic (exact) mass is 296 g/mol. The lowest BCUT2D eigenvalue weighted by Gasteiger charge is -2.38. The van der Waals surface area contributed by atoms with Gasteiger partial charge in [-0.3, -0.25) is 4.79 Å². The largest absolute Gasteiger partial charge is 0.462 e. The predicted octanol–water partition coefficient (Wildman–Crippen LogP) is 3.45. The highest BCUT2D eigenvalue weighted by Crippen LogP contribution is 2.43. The van der Waals surface area contributed by atoms with Crippen molar-refractivity contribution in [1.82, 2.24) is 0 Å². The lowest BCUT2D eigenvalue weighted by atomic mass is 9.76. The Kier molecular flexibility index (Phi) is 5.46. The zero-order valence-corrected chi connectivity index (χ0v) is 12.2. The Hall–Kier alpha value is -0.780. The number of halogens is 3. The van der Waals surface area contributed by atoms with Gasteiger partial charge in [0.2, 0.25) is 0 Å². The normalized spacial score (nSPS) is 28.6. The highest BCUT2D eigenvalue weighted by molar-refractivity contribution is 5.72. The number of hydrogen-bond donors (Lipinski definition) is 1. The van der Waals surface area contributed by atoms with E-state index in [1.807, 2.05) is 6.92 Å². The van der Waals surface area contributed by atoms with E-state index >= 15 is 0 Å². The zero-order valence-electron chi connectivity index (χ0n) is 12.2. The summed E-state index contributed by atoms with van der Waals surface area (Å²) < 4.78 is 43.5. The van der Waals surface area contributed by atoms with Crippen LogP contribution in [-0.2, 0) is 9.53 Å². The molecule has 20 heavy (non-hydrogen) atoms. The number of carbonyl (C=O) groups is 1. The van der Waals surface area contributed by atoms with Gasteiger partial charge in [0.15, 0.2) is 5.60 Å². The summed E-state index contributed by atoms with van der Waals surface area (Å²) in [5.74, 6) is -1.31. The van der Waals surface area contributed by atoms with Gasteiger partial charge in [0.1, 0.15) is 6.10 Å². The summed E-state index contributed by atoms with van der Waals surface area (Å²) in [5.41, 5.74) is -2.67. The van der Waals surface area contributed by atoms with Crippen molar-refractivity contribution in [3.05, 3.63) is 0 Å². The van der Waals surface area contributed by atoms with Crippen molar-refractivity contribution < 1.29 is 27.8 Å². The zero-order chi connectivity index (χ0) is 15.6. The molecular weight excluding hydrogens is 273 g/mol. The van der Waals surface area contributed by atoms with Crippen LogP contribution < -0.4 is 0 Å². The Balaban J connectivity index is 2.50. The summed E-state index contributed by atoms with van der Waals surface area (Å²) >= 11 is 0. The maximum Gasteiger partial charge on any atom is 0.417 e. The highest BCUT2D eigenvalue weighted by Gasteiger charge is 2.55. The Morgan fingerprint density at radius 1 is 1.30 bits per heavy atom. The Morgan fingerprint density at radius 3 is 2.20 bits per heavy atom. The average Bonchev–Trinajstić information content (AvgIpc) is 2.37. The van der Waals surface area contributed by atoms with Gasteiger partial charge in [-0.15, -0.1) is 0 Å². The van der Waals surface area contributed by atoms with Crippen molar-refractivity contribution in [3.8, 4) is 0 Å². The standard InChI is InChI=1S/C14H23F3O3/c1-4-9(2)12(18)20-11-7-5-10(6-8-11)13(3,19)14(15,16)17/h9-11,19H,4-8H2,1-3H3. The first-order valence-corrected chi connectivity index (χ1v) is 7.09. The molecule has 0 radical (unpaired) electrons. The summed E-state index contributed by atoms with van der Waals surface area (Å²) in [4.78, 5) is 11.6. The van der Waals surface area contributed by atoms with E-state index in [1.165, 1.54) is 0 Å². The summed E-state index contributed by atoms with van der Waals surface area (Å²) in [5, 5.41) is 9.64. The first-order chi connectivity index (χ1) is 9.09. The van der Waals surface area contributed by atoms with Gasteiger partial charge in [-0.05, 0) is 44.9 Å². The van der Waals surface area contributed by atoms with Crippen LogP contribution in [0.3, 0.4) is 0 Å². The summed E-state index contributed by atoms with van der Waals surface area (Å²) in [6, 6.07) is 0. The van der Waals surface area contributed by atoms with E-state index in [-0.39, 0.29) is 30.8 Å². The fourth-order valence-corrected chi connectivity index (χ4v) is 2.42. The topological polar surface area (TPSA) is 46.5 Å². The second kappa shape index (κ2) is 6.33. The molecular formula is C14H23F3O3. The smallest absolute Gasteiger partial charge is 0.417 e. The Morgan fingerprint density at radius 2 is 1.80 bits per heavy atom. The second-order valence-electron chi connectivity index (χ2n) is 5.87. The van der Waals surface area contributed by atoms with Crippen LogP contribution in [0.15, 0.2) is 0 Å². The van der Waals surface area contributed by atoms with E-state index in [0.717, 1.165) is 6.92 Å². The molecule has 0 aromatic rings. The molecule has 1 fully saturated rings. The lowest BCUT2D eigenvalue weighted by molar-refractivity contribution is -0.276. The summed E-state index contributed by atoms with van der Waals surface area (Å²) in [6.07, 6.45) is -3.10. The van der Waals surface area contributed by atoms with Crippen LogP contribution in [0.1, 0.15) is 52.9 Å². The Bertz CT molecular complexity index is 331. The van der Waals surface area contributed by atoms with Gasteiger partial charge in [0.05, 0.1) is 5.92 Å². The van der Waals surface area contributed by atoms with Crippen molar-refractivity contribution in [1.29, 1.82) is 0 Å². The van der Waals surface area contributed by atoms with Crippen molar-refractivity contribution in [2.24, 2.45) is 11.8 Å². The first kappa shape index (κ1) is 17.3. The third-order valence-electron chi connectivity index (χ3n) is 4.34. The predicted molar refractivity (Wildman–Crippen MR) is 68.0 cm³/mol. The molecule has 0 amide bonds. The maximum absolute atomic E-state index is 12.7.